The summed E-state index contributed by atoms with van der Waals surface area (Å²) >= 11 is 0. The van der Waals surface area contributed by atoms with Crippen LogP contribution in [0.1, 0.15) is 53.4 Å². The second-order valence-corrected chi connectivity index (χ2v) is 6.16. The van der Waals surface area contributed by atoms with Crippen LogP contribution in [0.25, 0.3) is 0 Å². The van der Waals surface area contributed by atoms with E-state index in [1.807, 2.05) is 0 Å². The zero-order valence-corrected chi connectivity index (χ0v) is 11.5. The quantitative estimate of drug-likeness (QED) is 0.752. The van der Waals surface area contributed by atoms with Crippen molar-refractivity contribution in [3.8, 4) is 0 Å². The molecule has 0 saturated heterocycles. The molecule has 0 radical (unpaired) electrons. The molecule has 96 valence electrons. The zero-order valence-electron chi connectivity index (χ0n) is 11.5. The van der Waals surface area contributed by atoms with E-state index in [1.165, 1.54) is 25.7 Å². The molecule has 0 aromatic carbocycles. The molecule has 1 saturated carbocycles. The van der Waals surface area contributed by atoms with E-state index in [2.05, 4.69) is 33.0 Å². The largest absolute Gasteiger partial charge is 0.380 e. The highest BCUT2D eigenvalue weighted by Crippen LogP contribution is 2.25. The Balaban J connectivity index is 2.21. The van der Waals surface area contributed by atoms with Gasteiger partial charge >= 0.3 is 0 Å². The maximum absolute atomic E-state index is 5.90. The number of hydrogen-bond acceptors (Lipinski definition) is 2. The first-order chi connectivity index (χ1) is 7.54. The van der Waals surface area contributed by atoms with E-state index in [9.17, 15) is 0 Å². The van der Waals surface area contributed by atoms with E-state index >= 15 is 0 Å². The molecule has 0 aliphatic heterocycles. The van der Waals surface area contributed by atoms with E-state index < -0.39 is 0 Å². The molecule has 1 aliphatic carbocycles. The minimum atomic E-state index is 0.283. The Labute approximate surface area is 101 Å². The summed E-state index contributed by atoms with van der Waals surface area (Å²) in [5.41, 5.74) is 0.283. The Morgan fingerprint density at radius 2 is 1.88 bits per heavy atom. The van der Waals surface area contributed by atoms with Gasteiger partial charge in [-0.2, -0.15) is 0 Å². The molecule has 0 spiro atoms. The molecule has 0 heterocycles. The normalized spacial score (nSPS) is 20.2. The molecule has 1 aliphatic rings. The van der Waals surface area contributed by atoms with Crippen LogP contribution in [0.3, 0.4) is 0 Å². The Morgan fingerprint density at radius 3 is 2.38 bits per heavy atom. The summed E-state index contributed by atoms with van der Waals surface area (Å²) in [6.45, 7) is 11.8. The fraction of sp³-hybridized carbons (Fsp3) is 1.00. The number of hydrogen-bond donors (Lipinski definition) is 1. The lowest BCUT2D eigenvalue weighted by molar-refractivity contribution is 0.0553. The van der Waals surface area contributed by atoms with Crippen LogP contribution in [0.5, 0.6) is 0 Å². The lowest BCUT2D eigenvalue weighted by Gasteiger charge is -2.31. The van der Waals surface area contributed by atoms with Gasteiger partial charge in [0.25, 0.3) is 0 Å². The Morgan fingerprint density at radius 1 is 1.25 bits per heavy atom. The Kier molecular flexibility index (Phi) is 5.77. The van der Waals surface area contributed by atoms with Crippen molar-refractivity contribution >= 4 is 0 Å². The molecule has 2 nitrogen and oxygen atoms in total. The van der Waals surface area contributed by atoms with Crippen molar-refractivity contribution < 1.29 is 4.74 Å². The Hall–Kier alpha value is -0.0800. The summed E-state index contributed by atoms with van der Waals surface area (Å²) in [5, 5.41) is 3.52. The molecule has 0 amide bonds. The molecule has 1 fully saturated rings. The van der Waals surface area contributed by atoms with Gasteiger partial charge < -0.3 is 10.1 Å². The molecule has 0 aromatic heterocycles. The summed E-state index contributed by atoms with van der Waals surface area (Å²) in [7, 11) is 0. The van der Waals surface area contributed by atoms with Crippen LogP contribution in [-0.4, -0.2) is 25.8 Å². The van der Waals surface area contributed by atoms with Gasteiger partial charge in [-0.25, -0.2) is 0 Å². The predicted octanol–water partition coefficient (Wildman–Crippen LogP) is 3.22. The van der Waals surface area contributed by atoms with Gasteiger partial charge in [-0.3, -0.25) is 0 Å². The molecule has 1 rings (SSSR count). The first kappa shape index (κ1) is 14.0. The van der Waals surface area contributed by atoms with Crippen LogP contribution < -0.4 is 5.32 Å². The first-order valence-electron chi connectivity index (χ1n) is 6.85. The first-order valence-corrected chi connectivity index (χ1v) is 6.85. The smallest absolute Gasteiger partial charge is 0.0624 e. The summed E-state index contributed by atoms with van der Waals surface area (Å²) in [6, 6.07) is 0.471. The molecule has 0 bridgehead atoms. The monoisotopic (exact) mass is 227 g/mol. The van der Waals surface area contributed by atoms with Gasteiger partial charge in [-0.15, -0.1) is 0 Å². The molecule has 2 heteroatoms. The summed E-state index contributed by atoms with van der Waals surface area (Å²) < 4.78 is 5.90. The van der Waals surface area contributed by atoms with Crippen molar-refractivity contribution in [3.63, 3.8) is 0 Å². The SMILES string of the molecule is CCNC(COCC1CCCC1)C(C)(C)C. The molecule has 16 heavy (non-hydrogen) atoms. The molecule has 1 unspecified atom stereocenters. The van der Waals surface area contributed by atoms with Gasteiger partial charge in [0.15, 0.2) is 0 Å². The van der Waals surface area contributed by atoms with Crippen molar-refractivity contribution in [1.29, 1.82) is 0 Å². The summed E-state index contributed by atoms with van der Waals surface area (Å²) in [6.07, 6.45) is 5.57. The summed E-state index contributed by atoms with van der Waals surface area (Å²) in [5.74, 6) is 0.835. The van der Waals surface area contributed by atoms with Crippen molar-refractivity contribution in [2.45, 2.75) is 59.4 Å². The van der Waals surface area contributed by atoms with Crippen molar-refractivity contribution in [2.24, 2.45) is 11.3 Å². The maximum atomic E-state index is 5.90. The second kappa shape index (κ2) is 6.61. The fourth-order valence-corrected chi connectivity index (χ4v) is 2.39. The van der Waals surface area contributed by atoms with Crippen LogP contribution in [0.15, 0.2) is 0 Å². The van der Waals surface area contributed by atoms with E-state index in [-0.39, 0.29) is 5.41 Å². The van der Waals surface area contributed by atoms with Crippen LogP contribution >= 0.6 is 0 Å². The standard InChI is InChI=1S/C14H29NO/c1-5-15-13(14(2,3)4)11-16-10-12-8-6-7-9-12/h12-13,15H,5-11H2,1-4H3. The van der Waals surface area contributed by atoms with Crippen LogP contribution in [0.4, 0.5) is 0 Å². The van der Waals surface area contributed by atoms with Crippen LogP contribution in [0.2, 0.25) is 0 Å². The van der Waals surface area contributed by atoms with E-state index in [0.717, 1.165) is 25.7 Å². The highest BCUT2D eigenvalue weighted by atomic mass is 16.5. The van der Waals surface area contributed by atoms with E-state index in [0.29, 0.717) is 6.04 Å². The van der Waals surface area contributed by atoms with E-state index in [4.69, 9.17) is 4.74 Å². The molecular weight excluding hydrogens is 198 g/mol. The lowest BCUT2D eigenvalue weighted by Crippen LogP contribution is -2.44. The van der Waals surface area contributed by atoms with Crippen LogP contribution in [-0.2, 0) is 4.74 Å². The van der Waals surface area contributed by atoms with Gasteiger partial charge in [0.05, 0.1) is 6.61 Å². The average Bonchev–Trinajstić information content (AvgIpc) is 2.67. The molecular formula is C14H29NO. The second-order valence-electron chi connectivity index (χ2n) is 6.16. The zero-order chi connectivity index (χ0) is 12.0. The van der Waals surface area contributed by atoms with Crippen molar-refractivity contribution in [3.05, 3.63) is 0 Å². The van der Waals surface area contributed by atoms with Gasteiger partial charge in [-0.05, 0) is 30.7 Å². The molecule has 1 atom stereocenters. The van der Waals surface area contributed by atoms with Gasteiger partial charge in [0.1, 0.15) is 0 Å². The van der Waals surface area contributed by atoms with Crippen LogP contribution in [0, 0.1) is 11.3 Å². The minimum absolute atomic E-state index is 0.283. The topological polar surface area (TPSA) is 21.3 Å². The fourth-order valence-electron chi connectivity index (χ4n) is 2.39. The predicted molar refractivity (Wildman–Crippen MR) is 69.7 cm³/mol. The minimum Gasteiger partial charge on any atom is -0.380 e. The maximum Gasteiger partial charge on any atom is 0.0624 e. The number of nitrogens with one attached hydrogen (secondary N) is 1. The lowest BCUT2D eigenvalue weighted by atomic mass is 9.87. The third-order valence-corrected chi connectivity index (χ3v) is 3.61. The highest BCUT2D eigenvalue weighted by Gasteiger charge is 2.24. The van der Waals surface area contributed by atoms with Gasteiger partial charge in [0, 0.05) is 12.6 Å². The van der Waals surface area contributed by atoms with Gasteiger partial charge in [0.2, 0.25) is 0 Å². The third-order valence-electron chi connectivity index (χ3n) is 3.61. The van der Waals surface area contributed by atoms with E-state index in [1.54, 1.807) is 0 Å². The Bertz CT molecular complexity index is 180. The third kappa shape index (κ3) is 4.84. The number of likely N-dealkylation sites (N-methyl/N-ethyl adjacent to an activating group) is 1. The number of rotatable bonds is 6. The average molecular weight is 227 g/mol. The number of ether oxygens (including phenoxy) is 1. The van der Waals surface area contributed by atoms with Gasteiger partial charge in [-0.1, -0.05) is 40.5 Å². The highest BCUT2D eigenvalue weighted by molar-refractivity contribution is 4.80. The van der Waals surface area contributed by atoms with Crippen molar-refractivity contribution in [1.82, 2.24) is 5.32 Å². The molecule has 0 aromatic rings. The van der Waals surface area contributed by atoms with Crippen molar-refractivity contribution in [2.75, 3.05) is 19.8 Å². The summed E-state index contributed by atoms with van der Waals surface area (Å²) in [4.78, 5) is 0. The molecule has 1 N–H and O–H groups in total.